The van der Waals surface area contributed by atoms with Crippen molar-refractivity contribution in [2.24, 2.45) is 0 Å². The van der Waals surface area contributed by atoms with Crippen molar-refractivity contribution < 1.29 is 9.21 Å². The first-order chi connectivity index (χ1) is 12.7. The van der Waals surface area contributed by atoms with Gasteiger partial charge in [0, 0.05) is 37.9 Å². The van der Waals surface area contributed by atoms with E-state index in [2.05, 4.69) is 16.5 Å². The minimum atomic E-state index is -0.487. The van der Waals surface area contributed by atoms with Gasteiger partial charge in [-0.25, -0.2) is 9.78 Å². The number of nitrogens with zero attached hydrogens (tertiary/aromatic N) is 4. The van der Waals surface area contributed by atoms with Gasteiger partial charge in [0.05, 0.1) is 5.52 Å². The lowest BCUT2D eigenvalue weighted by molar-refractivity contribution is -0.132. The van der Waals surface area contributed by atoms with E-state index in [9.17, 15) is 9.59 Å². The van der Waals surface area contributed by atoms with Crippen molar-refractivity contribution in [3.05, 3.63) is 53.0 Å². The maximum Gasteiger partial charge on any atom is 0.420 e. The molecule has 0 bridgehead atoms. The molecule has 0 N–H and O–H groups in total. The van der Waals surface area contributed by atoms with Crippen LogP contribution < -0.4 is 5.76 Å². The van der Waals surface area contributed by atoms with E-state index in [-0.39, 0.29) is 12.5 Å². The lowest BCUT2D eigenvalue weighted by atomic mass is 9.96. The van der Waals surface area contributed by atoms with Gasteiger partial charge in [0.2, 0.25) is 5.91 Å². The number of piperidine rings is 1. The highest BCUT2D eigenvalue weighted by molar-refractivity contribution is 5.79. The van der Waals surface area contributed by atoms with Gasteiger partial charge in [0.1, 0.15) is 12.4 Å². The first kappa shape index (κ1) is 16.6. The number of hydrogen-bond donors (Lipinski definition) is 0. The smallest absolute Gasteiger partial charge is 0.408 e. The summed E-state index contributed by atoms with van der Waals surface area (Å²) in [6, 6.07) is 7.17. The van der Waals surface area contributed by atoms with E-state index in [0.29, 0.717) is 30.1 Å². The van der Waals surface area contributed by atoms with Crippen molar-refractivity contribution >= 4 is 17.0 Å². The van der Waals surface area contributed by atoms with Crippen LogP contribution in [-0.2, 0) is 17.9 Å². The fourth-order valence-electron chi connectivity index (χ4n) is 3.73. The minimum absolute atomic E-state index is 0.0180. The number of aryl methyl sites for hydroxylation is 1. The average Bonchev–Trinajstić information content (AvgIpc) is 3.26. The number of carbonyl (C=O) groups excluding carboxylic acids is 1. The maximum atomic E-state index is 12.7. The SMILES string of the molecule is CCn1ccnc1C1CCN(C(=O)Cn2c(=O)oc3ccccc32)CC1. The number of rotatable bonds is 4. The zero-order valence-corrected chi connectivity index (χ0v) is 14.8. The maximum absolute atomic E-state index is 12.7. The Morgan fingerprint density at radius 2 is 2.04 bits per heavy atom. The minimum Gasteiger partial charge on any atom is -0.408 e. The molecule has 1 aromatic carbocycles. The standard InChI is InChI=1S/C19H22N4O3/c1-2-21-12-9-20-18(21)14-7-10-22(11-8-14)17(24)13-23-15-5-3-4-6-16(15)26-19(23)25/h3-6,9,12,14H,2,7-8,10-11,13H2,1H3. The van der Waals surface area contributed by atoms with E-state index in [4.69, 9.17) is 4.42 Å². The van der Waals surface area contributed by atoms with Crippen LogP contribution in [0.4, 0.5) is 0 Å². The number of likely N-dealkylation sites (tertiary alicyclic amines) is 1. The molecule has 3 heterocycles. The number of aromatic nitrogens is 3. The summed E-state index contributed by atoms with van der Waals surface area (Å²) in [5, 5.41) is 0. The molecule has 7 nitrogen and oxygen atoms in total. The molecular formula is C19H22N4O3. The Kier molecular flexibility index (Phi) is 4.36. The molecule has 0 atom stereocenters. The van der Waals surface area contributed by atoms with Crippen molar-refractivity contribution in [3.8, 4) is 0 Å². The van der Waals surface area contributed by atoms with Crippen LogP contribution in [0.5, 0.6) is 0 Å². The van der Waals surface area contributed by atoms with Crippen LogP contribution in [0, 0.1) is 0 Å². The molecular weight excluding hydrogens is 332 g/mol. The molecule has 0 spiro atoms. The van der Waals surface area contributed by atoms with Gasteiger partial charge < -0.3 is 13.9 Å². The lowest BCUT2D eigenvalue weighted by Gasteiger charge is -2.32. The zero-order chi connectivity index (χ0) is 18.1. The van der Waals surface area contributed by atoms with Gasteiger partial charge in [0.25, 0.3) is 0 Å². The predicted octanol–water partition coefficient (Wildman–Crippen LogP) is 2.22. The van der Waals surface area contributed by atoms with E-state index in [0.717, 1.165) is 25.2 Å². The summed E-state index contributed by atoms with van der Waals surface area (Å²) < 4.78 is 8.78. The quantitative estimate of drug-likeness (QED) is 0.720. The summed E-state index contributed by atoms with van der Waals surface area (Å²) in [6.45, 7) is 4.40. The summed E-state index contributed by atoms with van der Waals surface area (Å²) in [5.41, 5.74) is 1.17. The first-order valence-electron chi connectivity index (χ1n) is 9.04. The van der Waals surface area contributed by atoms with Gasteiger partial charge in [-0.05, 0) is 31.9 Å². The number of carbonyl (C=O) groups is 1. The molecule has 0 radical (unpaired) electrons. The fraction of sp³-hybridized carbons (Fsp3) is 0.421. The van der Waals surface area contributed by atoms with Gasteiger partial charge in [-0.1, -0.05) is 12.1 Å². The van der Waals surface area contributed by atoms with Gasteiger partial charge in [-0.15, -0.1) is 0 Å². The van der Waals surface area contributed by atoms with Crippen molar-refractivity contribution in [1.82, 2.24) is 19.0 Å². The molecule has 1 amide bonds. The number of imidazole rings is 1. The summed E-state index contributed by atoms with van der Waals surface area (Å²) in [7, 11) is 0. The van der Waals surface area contributed by atoms with Crippen LogP contribution in [0.1, 0.15) is 31.5 Å². The van der Waals surface area contributed by atoms with E-state index < -0.39 is 5.76 Å². The largest absolute Gasteiger partial charge is 0.420 e. The summed E-state index contributed by atoms with van der Waals surface area (Å²) in [5.74, 6) is 0.957. The van der Waals surface area contributed by atoms with Crippen LogP contribution in [0.15, 0.2) is 45.9 Å². The van der Waals surface area contributed by atoms with Crippen LogP contribution in [0.25, 0.3) is 11.1 Å². The highest BCUT2D eigenvalue weighted by Gasteiger charge is 2.27. The number of fused-ring (bicyclic) bond motifs is 1. The van der Waals surface area contributed by atoms with E-state index in [1.807, 2.05) is 29.4 Å². The van der Waals surface area contributed by atoms with Crippen LogP contribution >= 0.6 is 0 Å². The Labute approximate surface area is 150 Å². The van der Waals surface area contributed by atoms with Crippen LogP contribution in [-0.4, -0.2) is 38.0 Å². The van der Waals surface area contributed by atoms with Crippen LogP contribution in [0.2, 0.25) is 0 Å². The topological polar surface area (TPSA) is 73.3 Å². The van der Waals surface area contributed by atoms with Crippen molar-refractivity contribution in [2.75, 3.05) is 13.1 Å². The monoisotopic (exact) mass is 354 g/mol. The fourth-order valence-corrected chi connectivity index (χ4v) is 3.73. The molecule has 0 unspecified atom stereocenters. The first-order valence-corrected chi connectivity index (χ1v) is 9.04. The molecule has 1 aliphatic heterocycles. The second-order valence-corrected chi connectivity index (χ2v) is 6.65. The predicted molar refractivity (Wildman–Crippen MR) is 96.9 cm³/mol. The van der Waals surface area contributed by atoms with Gasteiger partial charge in [-0.3, -0.25) is 9.36 Å². The number of amides is 1. The highest BCUT2D eigenvalue weighted by Crippen LogP contribution is 2.27. The Morgan fingerprint density at radius 3 is 2.81 bits per heavy atom. The normalized spacial score (nSPS) is 15.7. The number of para-hydroxylation sites is 2. The second kappa shape index (κ2) is 6.82. The van der Waals surface area contributed by atoms with E-state index in [1.165, 1.54) is 4.57 Å². The molecule has 1 fully saturated rings. The third kappa shape index (κ3) is 2.94. The molecule has 1 saturated heterocycles. The Hall–Kier alpha value is -2.83. The Bertz CT molecular complexity index is 976. The number of benzene rings is 1. The molecule has 4 rings (SSSR count). The molecule has 1 aliphatic rings. The summed E-state index contributed by atoms with van der Waals surface area (Å²) in [6.07, 6.45) is 5.63. The van der Waals surface area contributed by atoms with Crippen molar-refractivity contribution in [3.63, 3.8) is 0 Å². The van der Waals surface area contributed by atoms with Gasteiger partial charge in [-0.2, -0.15) is 0 Å². The van der Waals surface area contributed by atoms with Crippen LogP contribution in [0.3, 0.4) is 0 Å². The van der Waals surface area contributed by atoms with Crippen molar-refractivity contribution in [2.45, 2.75) is 38.8 Å². The summed E-state index contributed by atoms with van der Waals surface area (Å²) >= 11 is 0. The average molecular weight is 354 g/mol. The molecule has 3 aromatic rings. The molecule has 2 aromatic heterocycles. The molecule has 7 heteroatoms. The van der Waals surface area contributed by atoms with Gasteiger partial charge >= 0.3 is 5.76 Å². The number of hydrogen-bond acceptors (Lipinski definition) is 4. The van der Waals surface area contributed by atoms with Crippen molar-refractivity contribution in [1.29, 1.82) is 0 Å². The third-order valence-corrected chi connectivity index (χ3v) is 5.17. The molecule has 136 valence electrons. The molecule has 0 aliphatic carbocycles. The molecule has 26 heavy (non-hydrogen) atoms. The van der Waals surface area contributed by atoms with E-state index >= 15 is 0 Å². The van der Waals surface area contributed by atoms with Gasteiger partial charge in [0.15, 0.2) is 5.58 Å². The Balaban J connectivity index is 1.44. The Morgan fingerprint density at radius 1 is 1.27 bits per heavy atom. The second-order valence-electron chi connectivity index (χ2n) is 6.65. The lowest BCUT2D eigenvalue weighted by Crippen LogP contribution is -2.41. The van der Waals surface area contributed by atoms with E-state index in [1.54, 1.807) is 12.1 Å². The molecule has 0 saturated carbocycles. The third-order valence-electron chi connectivity index (χ3n) is 5.17. The number of oxazole rings is 1. The zero-order valence-electron chi connectivity index (χ0n) is 14.8. The summed E-state index contributed by atoms with van der Waals surface area (Å²) in [4.78, 5) is 31.1. The highest BCUT2D eigenvalue weighted by atomic mass is 16.4.